The van der Waals surface area contributed by atoms with Gasteiger partial charge in [0.15, 0.2) is 5.78 Å². The van der Waals surface area contributed by atoms with Crippen molar-refractivity contribution in [1.29, 1.82) is 0 Å². The van der Waals surface area contributed by atoms with Crippen LogP contribution in [-0.2, 0) is 11.2 Å². The van der Waals surface area contributed by atoms with Gasteiger partial charge >= 0.3 is 0 Å². The first-order chi connectivity index (χ1) is 12.5. The lowest BCUT2D eigenvalue weighted by atomic mass is 9.95. The highest BCUT2D eigenvalue weighted by Crippen LogP contribution is 2.28. The second-order valence-corrected chi connectivity index (χ2v) is 6.74. The van der Waals surface area contributed by atoms with Crippen LogP contribution >= 0.6 is 0 Å². The number of nitrogens with two attached hydrogens (primary N) is 1. The molecule has 0 aromatic heterocycles. The molecule has 1 aliphatic heterocycles. The largest absolute Gasteiger partial charge is 0.496 e. The number of nitrogens with zero attached hydrogens (tertiary/aromatic N) is 1. The lowest BCUT2D eigenvalue weighted by Gasteiger charge is -2.18. The van der Waals surface area contributed by atoms with E-state index in [4.69, 9.17) is 10.5 Å². The van der Waals surface area contributed by atoms with Crippen LogP contribution in [0.2, 0.25) is 0 Å². The molecule has 1 saturated heterocycles. The molecule has 136 valence electrons. The molecule has 3 rings (SSSR count). The number of likely N-dealkylation sites (tertiary alicyclic amines) is 1. The smallest absolute Gasteiger partial charge is 0.227 e. The number of rotatable bonds is 5. The fourth-order valence-corrected chi connectivity index (χ4v) is 3.50. The summed E-state index contributed by atoms with van der Waals surface area (Å²) >= 11 is 0. The van der Waals surface area contributed by atoms with Gasteiger partial charge in [0.25, 0.3) is 0 Å². The zero-order valence-corrected chi connectivity index (χ0v) is 15.1. The maximum Gasteiger partial charge on any atom is 0.227 e. The highest BCUT2D eigenvalue weighted by molar-refractivity contribution is 5.94. The van der Waals surface area contributed by atoms with E-state index in [0.29, 0.717) is 24.4 Å². The Kier molecular flexibility index (Phi) is 5.38. The third-order valence-electron chi connectivity index (χ3n) is 4.97. The van der Waals surface area contributed by atoms with Gasteiger partial charge in [0, 0.05) is 36.2 Å². The Morgan fingerprint density at radius 3 is 2.54 bits per heavy atom. The number of ketones is 1. The highest BCUT2D eigenvalue weighted by Gasteiger charge is 2.33. The van der Waals surface area contributed by atoms with Crippen molar-refractivity contribution in [3.8, 4) is 5.75 Å². The first-order valence-electron chi connectivity index (χ1n) is 8.75. The molecule has 2 aromatic rings. The van der Waals surface area contributed by atoms with Crippen molar-refractivity contribution in [2.24, 2.45) is 5.73 Å². The molecule has 0 bridgehead atoms. The van der Waals surface area contributed by atoms with Crippen LogP contribution in [0.15, 0.2) is 48.5 Å². The molecular formula is C21H24N2O3. The summed E-state index contributed by atoms with van der Waals surface area (Å²) in [4.78, 5) is 26.3. The van der Waals surface area contributed by atoms with Crippen LogP contribution in [-0.4, -0.2) is 42.8 Å². The van der Waals surface area contributed by atoms with Crippen molar-refractivity contribution in [2.75, 3.05) is 20.2 Å². The minimum absolute atomic E-state index is 0.00196. The number of Topliss-reactive ketones (excluding diaryl/α,β-unsaturated/α-hetero) is 1. The monoisotopic (exact) mass is 352 g/mol. The Hall–Kier alpha value is -2.66. The molecule has 2 atom stereocenters. The molecule has 1 aliphatic rings. The number of carbonyl (C=O) groups is 2. The number of amides is 1. The molecule has 1 fully saturated rings. The highest BCUT2D eigenvalue weighted by atomic mass is 16.5. The van der Waals surface area contributed by atoms with Crippen molar-refractivity contribution in [2.45, 2.75) is 25.3 Å². The van der Waals surface area contributed by atoms with Crippen LogP contribution in [0.25, 0.3) is 0 Å². The normalized spacial score (nSPS) is 19.4. The lowest BCUT2D eigenvalue weighted by Crippen LogP contribution is -2.33. The van der Waals surface area contributed by atoms with Crippen LogP contribution in [0.5, 0.6) is 5.75 Å². The average Bonchev–Trinajstić information content (AvgIpc) is 3.04. The van der Waals surface area contributed by atoms with E-state index in [0.717, 1.165) is 11.1 Å². The molecule has 0 spiro atoms. The predicted molar refractivity (Wildman–Crippen MR) is 100 cm³/mol. The van der Waals surface area contributed by atoms with E-state index in [1.54, 1.807) is 25.3 Å². The standard InChI is InChI=1S/C21H24N2O3/c1-14(24)16-8-9-20(26-2)17(10-16)11-21(25)23-12-18(19(22)13-23)15-6-4-3-5-7-15/h3-10,18-19H,11-13,22H2,1-2H3/t18-,19+/m0/s1. The summed E-state index contributed by atoms with van der Waals surface area (Å²) in [5.74, 6) is 0.726. The summed E-state index contributed by atoms with van der Waals surface area (Å²) in [5, 5.41) is 0. The van der Waals surface area contributed by atoms with Gasteiger partial charge in [-0.1, -0.05) is 30.3 Å². The van der Waals surface area contributed by atoms with Gasteiger partial charge in [-0.15, -0.1) is 0 Å². The van der Waals surface area contributed by atoms with E-state index in [-0.39, 0.29) is 30.1 Å². The summed E-state index contributed by atoms with van der Waals surface area (Å²) < 4.78 is 5.35. The third-order valence-corrected chi connectivity index (χ3v) is 4.97. The Balaban J connectivity index is 1.75. The zero-order valence-electron chi connectivity index (χ0n) is 15.1. The van der Waals surface area contributed by atoms with Crippen molar-refractivity contribution in [1.82, 2.24) is 4.90 Å². The van der Waals surface area contributed by atoms with Gasteiger partial charge in [-0.2, -0.15) is 0 Å². The summed E-state index contributed by atoms with van der Waals surface area (Å²) in [5.41, 5.74) is 8.75. The van der Waals surface area contributed by atoms with Crippen molar-refractivity contribution in [3.63, 3.8) is 0 Å². The van der Waals surface area contributed by atoms with Crippen molar-refractivity contribution >= 4 is 11.7 Å². The molecule has 1 heterocycles. The molecule has 26 heavy (non-hydrogen) atoms. The van der Waals surface area contributed by atoms with Gasteiger partial charge in [-0.3, -0.25) is 9.59 Å². The Morgan fingerprint density at radius 2 is 1.88 bits per heavy atom. The van der Waals surface area contributed by atoms with Gasteiger partial charge in [0.1, 0.15) is 5.75 Å². The number of hydrogen-bond acceptors (Lipinski definition) is 4. The molecule has 2 aromatic carbocycles. The quantitative estimate of drug-likeness (QED) is 0.839. The van der Waals surface area contributed by atoms with E-state index < -0.39 is 0 Å². The van der Waals surface area contributed by atoms with Crippen molar-refractivity contribution < 1.29 is 14.3 Å². The summed E-state index contributed by atoms with van der Waals surface area (Å²) in [6, 6.07) is 15.2. The van der Waals surface area contributed by atoms with Crippen molar-refractivity contribution in [3.05, 3.63) is 65.2 Å². The van der Waals surface area contributed by atoms with Crippen LogP contribution in [0.3, 0.4) is 0 Å². The number of carbonyl (C=O) groups excluding carboxylic acids is 2. The molecular weight excluding hydrogens is 328 g/mol. The second kappa shape index (κ2) is 7.70. The molecule has 1 amide bonds. The fraction of sp³-hybridized carbons (Fsp3) is 0.333. The van der Waals surface area contributed by atoms with Crippen LogP contribution < -0.4 is 10.5 Å². The van der Waals surface area contributed by atoms with Crippen LogP contribution in [0.4, 0.5) is 0 Å². The van der Waals surface area contributed by atoms with E-state index >= 15 is 0 Å². The average molecular weight is 352 g/mol. The summed E-state index contributed by atoms with van der Waals surface area (Å²) in [6.07, 6.45) is 0.193. The molecule has 0 radical (unpaired) electrons. The molecule has 0 saturated carbocycles. The first kappa shape index (κ1) is 18.1. The SMILES string of the molecule is COc1ccc(C(C)=O)cc1CC(=O)N1C[C@@H](N)[C@H](c2ccccc2)C1. The molecule has 2 N–H and O–H groups in total. The maximum absolute atomic E-state index is 12.8. The minimum atomic E-state index is -0.0770. The fourth-order valence-electron chi connectivity index (χ4n) is 3.50. The van der Waals surface area contributed by atoms with E-state index in [9.17, 15) is 9.59 Å². The van der Waals surface area contributed by atoms with Gasteiger partial charge in [-0.25, -0.2) is 0 Å². The molecule has 0 unspecified atom stereocenters. The predicted octanol–water partition coefficient (Wildman–Crippen LogP) is 2.39. The molecule has 5 heteroatoms. The number of benzene rings is 2. The third kappa shape index (κ3) is 3.78. The first-order valence-corrected chi connectivity index (χ1v) is 8.75. The summed E-state index contributed by atoms with van der Waals surface area (Å²) in [7, 11) is 1.56. The second-order valence-electron chi connectivity index (χ2n) is 6.74. The number of methoxy groups -OCH3 is 1. The maximum atomic E-state index is 12.8. The lowest BCUT2D eigenvalue weighted by molar-refractivity contribution is -0.129. The van der Waals surface area contributed by atoms with Crippen LogP contribution in [0, 0.1) is 0 Å². The molecule has 0 aliphatic carbocycles. The number of ether oxygens (including phenoxy) is 1. The van der Waals surface area contributed by atoms with Gasteiger partial charge < -0.3 is 15.4 Å². The summed E-state index contributed by atoms with van der Waals surface area (Å²) in [6.45, 7) is 2.66. The van der Waals surface area contributed by atoms with Crippen LogP contribution in [0.1, 0.15) is 34.3 Å². The Morgan fingerprint density at radius 1 is 1.15 bits per heavy atom. The Labute approximate surface area is 153 Å². The van der Waals surface area contributed by atoms with Gasteiger partial charge in [0.05, 0.1) is 13.5 Å². The van der Waals surface area contributed by atoms with E-state index in [2.05, 4.69) is 12.1 Å². The van der Waals surface area contributed by atoms with E-state index in [1.807, 2.05) is 23.1 Å². The topological polar surface area (TPSA) is 72.6 Å². The minimum Gasteiger partial charge on any atom is -0.496 e. The van der Waals surface area contributed by atoms with Gasteiger partial charge in [-0.05, 0) is 30.7 Å². The van der Waals surface area contributed by atoms with Gasteiger partial charge in [0.2, 0.25) is 5.91 Å². The Bertz CT molecular complexity index is 804. The van der Waals surface area contributed by atoms with E-state index in [1.165, 1.54) is 6.92 Å². The molecule has 5 nitrogen and oxygen atoms in total. The zero-order chi connectivity index (χ0) is 18.7. The number of hydrogen-bond donors (Lipinski definition) is 1.